The lowest BCUT2D eigenvalue weighted by molar-refractivity contribution is 0.0919. The van der Waals surface area contributed by atoms with Gasteiger partial charge in [-0.05, 0) is 30.2 Å². The minimum atomic E-state index is -0.573. The maximum atomic E-state index is 10.1. The van der Waals surface area contributed by atoms with Gasteiger partial charge < -0.3 is 14.4 Å². The first-order valence-electron chi connectivity index (χ1n) is 7.66. The van der Waals surface area contributed by atoms with Crippen molar-refractivity contribution in [2.45, 2.75) is 19.6 Å². The summed E-state index contributed by atoms with van der Waals surface area (Å²) in [4.78, 5) is 4.14. The molecule has 3 aromatic rings. The molecule has 0 unspecified atom stereocenters. The van der Waals surface area contributed by atoms with Crippen molar-refractivity contribution < 1.29 is 9.84 Å². The molecule has 0 fully saturated rings. The van der Waals surface area contributed by atoms with Crippen LogP contribution in [0.4, 0.5) is 0 Å². The number of hydrogen-bond acceptors (Lipinski definition) is 3. The van der Waals surface area contributed by atoms with E-state index in [0.29, 0.717) is 6.54 Å². The van der Waals surface area contributed by atoms with E-state index in [1.165, 1.54) is 5.56 Å². The molecule has 1 aromatic heterocycles. The van der Waals surface area contributed by atoms with Crippen molar-refractivity contribution in [2.75, 3.05) is 6.61 Å². The van der Waals surface area contributed by atoms with Gasteiger partial charge in [0, 0.05) is 12.4 Å². The van der Waals surface area contributed by atoms with Gasteiger partial charge in [0.2, 0.25) is 0 Å². The average Bonchev–Trinajstić information content (AvgIpc) is 2.99. The summed E-state index contributed by atoms with van der Waals surface area (Å²) in [6.07, 6.45) is 3.01. The largest absolute Gasteiger partial charge is 0.491 e. The molecule has 0 aliphatic carbocycles. The van der Waals surface area contributed by atoms with Crippen LogP contribution < -0.4 is 4.74 Å². The minimum absolute atomic E-state index is 0.252. The highest BCUT2D eigenvalue weighted by Gasteiger charge is 2.08. The Morgan fingerprint density at radius 2 is 1.74 bits per heavy atom. The number of aromatic nitrogens is 2. The van der Waals surface area contributed by atoms with Gasteiger partial charge in [-0.15, -0.1) is 0 Å². The number of nitrogens with zero attached hydrogens (tertiary/aromatic N) is 2. The van der Waals surface area contributed by atoms with Gasteiger partial charge in [-0.1, -0.05) is 42.5 Å². The Hall–Kier alpha value is -2.59. The number of benzene rings is 2. The van der Waals surface area contributed by atoms with E-state index in [0.717, 1.165) is 17.1 Å². The smallest absolute Gasteiger partial charge is 0.119 e. The van der Waals surface area contributed by atoms with Crippen LogP contribution in [0.5, 0.6) is 5.75 Å². The van der Waals surface area contributed by atoms with Crippen LogP contribution in [0.2, 0.25) is 0 Å². The van der Waals surface area contributed by atoms with Gasteiger partial charge in [-0.25, -0.2) is 4.98 Å². The van der Waals surface area contributed by atoms with Gasteiger partial charge in [-0.2, -0.15) is 0 Å². The Labute approximate surface area is 136 Å². The second-order valence-corrected chi connectivity index (χ2v) is 5.48. The molecule has 0 amide bonds. The van der Waals surface area contributed by atoms with E-state index in [4.69, 9.17) is 4.74 Å². The Bertz CT molecular complexity index is 736. The zero-order valence-corrected chi connectivity index (χ0v) is 13.1. The molecule has 0 saturated carbocycles. The van der Waals surface area contributed by atoms with E-state index in [1.807, 2.05) is 60.2 Å². The van der Waals surface area contributed by atoms with E-state index in [9.17, 15) is 5.11 Å². The predicted molar refractivity (Wildman–Crippen MR) is 90.3 cm³/mol. The summed E-state index contributed by atoms with van der Waals surface area (Å²) in [6, 6.07) is 18.1. The average molecular weight is 308 g/mol. The number of aryl methyl sites for hydroxylation is 1. The fourth-order valence-corrected chi connectivity index (χ4v) is 2.44. The predicted octanol–water partition coefficient (Wildman–Crippen LogP) is 3.30. The van der Waals surface area contributed by atoms with Crippen LogP contribution in [0.3, 0.4) is 0 Å². The van der Waals surface area contributed by atoms with Crippen LogP contribution in [0, 0.1) is 6.92 Å². The summed E-state index contributed by atoms with van der Waals surface area (Å²) in [5.74, 6) is 1.64. The molecule has 0 spiro atoms. The van der Waals surface area contributed by atoms with Crippen LogP contribution in [-0.2, 0) is 6.54 Å². The zero-order chi connectivity index (χ0) is 16.1. The Morgan fingerprint density at radius 3 is 2.39 bits per heavy atom. The molecule has 1 atom stereocenters. The number of aliphatic hydroxyl groups is 1. The summed E-state index contributed by atoms with van der Waals surface area (Å²) in [5, 5.41) is 10.1. The van der Waals surface area contributed by atoms with Crippen LogP contribution >= 0.6 is 0 Å². The molecule has 0 bridgehead atoms. The molecule has 0 saturated heterocycles. The molecular formula is C19H20N2O2. The maximum Gasteiger partial charge on any atom is 0.119 e. The molecule has 4 heteroatoms. The number of rotatable bonds is 6. The topological polar surface area (TPSA) is 47.3 Å². The number of aliphatic hydroxyl groups excluding tert-OH is 1. The van der Waals surface area contributed by atoms with E-state index in [-0.39, 0.29) is 6.61 Å². The lowest BCUT2D eigenvalue weighted by Crippen LogP contribution is -2.23. The second-order valence-electron chi connectivity index (χ2n) is 5.48. The number of hydrogen-bond donors (Lipinski definition) is 1. The van der Waals surface area contributed by atoms with Gasteiger partial charge in [0.15, 0.2) is 0 Å². The highest BCUT2D eigenvalue weighted by atomic mass is 16.5. The van der Waals surface area contributed by atoms with E-state index in [2.05, 4.69) is 17.1 Å². The molecule has 0 aliphatic rings. The third-order valence-electron chi connectivity index (χ3n) is 3.73. The summed E-state index contributed by atoms with van der Waals surface area (Å²) < 4.78 is 7.57. The standard InChI is InChI=1S/C19H20N2O2/c1-15-20-11-12-21(15)13-18(22)14-23-19-9-7-17(8-10-19)16-5-3-2-4-6-16/h2-12,18,22H,13-14H2,1H3/t18-/m1/s1. The fraction of sp³-hybridized carbons (Fsp3) is 0.211. The third kappa shape index (κ3) is 3.99. The number of ether oxygens (including phenoxy) is 1. The quantitative estimate of drug-likeness (QED) is 0.760. The van der Waals surface area contributed by atoms with Gasteiger partial charge in [-0.3, -0.25) is 0 Å². The SMILES string of the molecule is Cc1nccn1C[C@@H](O)COc1ccc(-c2ccccc2)cc1. The molecule has 0 radical (unpaired) electrons. The third-order valence-corrected chi connectivity index (χ3v) is 3.73. The Kier molecular flexibility index (Phi) is 4.74. The van der Waals surface area contributed by atoms with E-state index >= 15 is 0 Å². The van der Waals surface area contributed by atoms with Crippen LogP contribution in [0.15, 0.2) is 67.0 Å². The first-order valence-corrected chi connectivity index (χ1v) is 7.66. The first kappa shape index (κ1) is 15.3. The zero-order valence-electron chi connectivity index (χ0n) is 13.1. The maximum absolute atomic E-state index is 10.1. The van der Waals surface area contributed by atoms with Crippen LogP contribution in [0.1, 0.15) is 5.82 Å². The Morgan fingerprint density at radius 1 is 1.04 bits per heavy atom. The highest BCUT2D eigenvalue weighted by Crippen LogP contribution is 2.22. The Balaban J connectivity index is 1.55. The van der Waals surface area contributed by atoms with Crippen molar-refractivity contribution in [1.82, 2.24) is 9.55 Å². The van der Waals surface area contributed by atoms with Crippen molar-refractivity contribution in [3.63, 3.8) is 0 Å². The minimum Gasteiger partial charge on any atom is -0.491 e. The van der Waals surface area contributed by atoms with Crippen molar-refractivity contribution in [3.05, 3.63) is 72.8 Å². The van der Waals surface area contributed by atoms with Crippen molar-refractivity contribution in [2.24, 2.45) is 0 Å². The molecule has 1 heterocycles. The van der Waals surface area contributed by atoms with Crippen LogP contribution in [-0.4, -0.2) is 27.4 Å². The number of imidazole rings is 1. The monoisotopic (exact) mass is 308 g/mol. The van der Waals surface area contributed by atoms with Gasteiger partial charge in [0.05, 0.1) is 6.54 Å². The van der Waals surface area contributed by atoms with Crippen LogP contribution in [0.25, 0.3) is 11.1 Å². The molecule has 1 N–H and O–H groups in total. The highest BCUT2D eigenvalue weighted by molar-refractivity contribution is 5.63. The fourth-order valence-electron chi connectivity index (χ4n) is 2.44. The van der Waals surface area contributed by atoms with Crippen molar-refractivity contribution >= 4 is 0 Å². The van der Waals surface area contributed by atoms with Crippen molar-refractivity contribution in [1.29, 1.82) is 0 Å². The molecule has 23 heavy (non-hydrogen) atoms. The first-order chi connectivity index (χ1) is 11.2. The summed E-state index contributed by atoms with van der Waals surface area (Å²) in [7, 11) is 0. The second kappa shape index (κ2) is 7.11. The summed E-state index contributed by atoms with van der Waals surface area (Å²) >= 11 is 0. The molecule has 3 rings (SSSR count). The van der Waals surface area contributed by atoms with Gasteiger partial charge >= 0.3 is 0 Å². The molecule has 0 aliphatic heterocycles. The van der Waals surface area contributed by atoms with Gasteiger partial charge in [0.1, 0.15) is 24.3 Å². The molecule has 118 valence electrons. The lowest BCUT2D eigenvalue weighted by Gasteiger charge is -2.14. The lowest BCUT2D eigenvalue weighted by atomic mass is 10.1. The van der Waals surface area contributed by atoms with E-state index < -0.39 is 6.10 Å². The molecule has 4 nitrogen and oxygen atoms in total. The van der Waals surface area contributed by atoms with E-state index in [1.54, 1.807) is 6.20 Å². The normalized spacial score (nSPS) is 12.1. The summed E-state index contributed by atoms with van der Waals surface area (Å²) in [6.45, 7) is 2.64. The molecule has 2 aromatic carbocycles. The summed E-state index contributed by atoms with van der Waals surface area (Å²) in [5.41, 5.74) is 2.32. The van der Waals surface area contributed by atoms with Gasteiger partial charge in [0.25, 0.3) is 0 Å². The molecular weight excluding hydrogens is 288 g/mol. The van der Waals surface area contributed by atoms with Crippen molar-refractivity contribution in [3.8, 4) is 16.9 Å².